The van der Waals surface area contributed by atoms with E-state index in [9.17, 15) is 19.5 Å². The summed E-state index contributed by atoms with van der Waals surface area (Å²) in [6.45, 7) is 1.84. The number of anilines is 1. The Balaban J connectivity index is 2.09. The molecule has 0 bridgehead atoms. The number of hydrogen-bond donors (Lipinski definition) is 1. The average Bonchev–Trinajstić information content (AvgIpc) is 3.00. The summed E-state index contributed by atoms with van der Waals surface area (Å²) in [5, 5.41) is 9.45. The van der Waals surface area contributed by atoms with Gasteiger partial charge in [-0.05, 0) is 12.5 Å². The molecular formula is C17H16N2O4S2. The van der Waals surface area contributed by atoms with Crippen LogP contribution in [0.4, 0.5) is 5.69 Å². The maximum Gasteiger partial charge on any atom is 0.326 e. The Kier molecular flexibility index (Phi) is 4.66. The van der Waals surface area contributed by atoms with Crippen molar-refractivity contribution in [1.82, 2.24) is 4.90 Å². The predicted molar refractivity (Wildman–Crippen MR) is 100 cm³/mol. The first-order valence-electron chi connectivity index (χ1n) is 7.78. The fourth-order valence-electron chi connectivity index (χ4n) is 3.02. The fourth-order valence-corrected chi connectivity index (χ4v) is 4.45. The van der Waals surface area contributed by atoms with Crippen molar-refractivity contribution in [2.24, 2.45) is 0 Å². The molecule has 3 rings (SSSR count). The molecule has 2 amide bonds. The molecule has 2 aliphatic rings. The molecule has 2 heterocycles. The van der Waals surface area contributed by atoms with Gasteiger partial charge in [0.1, 0.15) is 10.4 Å². The Morgan fingerprint density at radius 2 is 1.96 bits per heavy atom. The molecule has 25 heavy (non-hydrogen) atoms. The number of benzene rings is 1. The number of para-hydroxylation sites is 1. The van der Waals surface area contributed by atoms with Crippen molar-refractivity contribution in [3.63, 3.8) is 0 Å². The van der Waals surface area contributed by atoms with E-state index < -0.39 is 17.9 Å². The number of likely N-dealkylation sites (N-methyl/N-ethyl adjacent to an activating group) is 1. The number of fused-ring (bicyclic) bond motifs is 1. The second kappa shape index (κ2) is 6.61. The van der Waals surface area contributed by atoms with Crippen molar-refractivity contribution >= 4 is 57.3 Å². The fraction of sp³-hybridized carbons (Fsp3) is 0.294. The number of carbonyl (C=O) groups excluding carboxylic acids is 2. The topological polar surface area (TPSA) is 77.9 Å². The molecule has 1 atom stereocenters. The highest BCUT2D eigenvalue weighted by Crippen LogP contribution is 2.44. The van der Waals surface area contributed by atoms with Crippen LogP contribution in [-0.4, -0.2) is 45.2 Å². The Morgan fingerprint density at radius 1 is 1.28 bits per heavy atom. The number of nitrogens with zero attached hydrogens (tertiary/aromatic N) is 2. The summed E-state index contributed by atoms with van der Waals surface area (Å²) < 4.78 is 0.174. The van der Waals surface area contributed by atoms with Crippen LogP contribution in [0.25, 0.3) is 5.57 Å². The van der Waals surface area contributed by atoms with Gasteiger partial charge in [-0.25, -0.2) is 4.79 Å². The van der Waals surface area contributed by atoms with Crippen molar-refractivity contribution in [3.8, 4) is 0 Å². The highest BCUT2D eigenvalue weighted by Gasteiger charge is 2.44. The summed E-state index contributed by atoms with van der Waals surface area (Å²) >= 11 is 6.25. The van der Waals surface area contributed by atoms with E-state index in [1.54, 1.807) is 25.2 Å². The number of carbonyl (C=O) groups is 3. The van der Waals surface area contributed by atoms with Crippen LogP contribution in [0.1, 0.15) is 25.3 Å². The lowest BCUT2D eigenvalue weighted by Crippen LogP contribution is -2.43. The Morgan fingerprint density at radius 3 is 2.60 bits per heavy atom. The van der Waals surface area contributed by atoms with Gasteiger partial charge >= 0.3 is 5.97 Å². The van der Waals surface area contributed by atoms with Gasteiger partial charge in [0, 0.05) is 12.6 Å². The molecule has 1 aromatic rings. The van der Waals surface area contributed by atoms with Crippen LogP contribution in [0.2, 0.25) is 0 Å². The first kappa shape index (κ1) is 17.6. The second-order valence-electron chi connectivity index (χ2n) is 5.77. The number of hydrogen-bond acceptors (Lipinski definition) is 5. The monoisotopic (exact) mass is 376 g/mol. The van der Waals surface area contributed by atoms with Gasteiger partial charge in [-0.2, -0.15) is 0 Å². The van der Waals surface area contributed by atoms with Crippen LogP contribution in [0.5, 0.6) is 0 Å². The molecule has 1 fully saturated rings. The third-order valence-electron chi connectivity index (χ3n) is 4.24. The van der Waals surface area contributed by atoms with E-state index in [0.717, 1.165) is 22.3 Å². The average molecular weight is 376 g/mol. The van der Waals surface area contributed by atoms with E-state index in [2.05, 4.69) is 0 Å². The van der Waals surface area contributed by atoms with E-state index in [-0.39, 0.29) is 15.1 Å². The molecule has 6 nitrogen and oxygen atoms in total. The Hall–Kier alpha value is -2.19. The largest absolute Gasteiger partial charge is 0.480 e. The summed E-state index contributed by atoms with van der Waals surface area (Å²) in [5.74, 6) is -1.90. The molecule has 1 unspecified atom stereocenters. The lowest BCUT2D eigenvalue weighted by Gasteiger charge is -2.22. The van der Waals surface area contributed by atoms with E-state index in [1.807, 2.05) is 13.0 Å². The summed E-state index contributed by atoms with van der Waals surface area (Å²) in [4.78, 5) is 39.9. The van der Waals surface area contributed by atoms with E-state index in [1.165, 1.54) is 4.90 Å². The van der Waals surface area contributed by atoms with Crippen LogP contribution < -0.4 is 4.90 Å². The summed E-state index contributed by atoms with van der Waals surface area (Å²) in [5.41, 5.74) is 1.67. The van der Waals surface area contributed by atoms with Gasteiger partial charge in [-0.15, -0.1) is 0 Å². The molecule has 2 aliphatic heterocycles. The lowest BCUT2D eigenvalue weighted by molar-refractivity contribution is -0.145. The minimum Gasteiger partial charge on any atom is -0.480 e. The molecule has 8 heteroatoms. The Labute approximate surface area is 154 Å². The van der Waals surface area contributed by atoms with Crippen LogP contribution in [0.15, 0.2) is 29.2 Å². The van der Waals surface area contributed by atoms with Crippen LogP contribution >= 0.6 is 24.0 Å². The molecule has 1 N–H and O–H groups in total. The normalized spacial score (nSPS) is 21.1. The van der Waals surface area contributed by atoms with Crippen molar-refractivity contribution in [1.29, 1.82) is 0 Å². The van der Waals surface area contributed by atoms with Crippen molar-refractivity contribution in [2.75, 3.05) is 11.9 Å². The minimum atomic E-state index is -1.10. The molecule has 0 radical (unpaired) electrons. The highest BCUT2D eigenvalue weighted by molar-refractivity contribution is 8.26. The number of carboxylic acids is 1. The number of amides is 2. The predicted octanol–water partition coefficient (Wildman–Crippen LogP) is 2.49. The number of thioether (sulfide) groups is 1. The van der Waals surface area contributed by atoms with Gasteiger partial charge in [0.2, 0.25) is 0 Å². The first-order valence-corrected chi connectivity index (χ1v) is 9.00. The van der Waals surface area contributed by atoms with Gasteiger partial charge in [0.25, 0.3) is 11.8 Å². The summed E-state index contributed by atoms with van der Waals surface area (Å²) in [6.07, 6.45) is 0.902. The van der Waals surface area contributed by atoms with Gasteiger partial charge < -0.3 is 10.0 Å². The molecule has 1 saturated heterocycles. The van der Waals surface area contributed by atoms with Crippen molar-refractivity contribution in [3.05, 3.63) is 34.7 Å². The molecule has 0 spiro atoms. The van der Waals surface area contributed by atoms with E-state index >= 15 is 0 Å². The highest BCUT2D eigenvalue weighted by atomic mass is 32.2. The molecule has 0 saturated carbocycles. The zero-order chi connectivity index (χ0) is 18.3. The smallest absolute Gasteiger partial charge is 0.326 e. The Bertz CT molecular complexity index is 834. The van der Waals surface area contributed by atoms with Gasteiger partial charge in [0.15, 0.2) is 0 Å². The van der Waals surface area contributed by atoms with Crippen LogP contribution in [-0.2, 0) is 14.4 Å². The minimum absolute atomic E-state index is 0.174. The van der Waals surface area contributed by atoms with Crippen molar-refractivity contribution in [2.45, 2.75) is 25.8 Å². The van der Waals surface area contributed by atoms with Gasteiger partial charge in [-0.3, -0.25) is 14.5 Å². The zero-order valence-electron chi connectivity index (χ0n) is 13.7. The van der Waals surface area contributed by atoms with Crippen molar-refractivity contribution < 1.29 is 19.5 Å². The van der Waals surface area contributed by atoms with Crippen LogP contribution in [0, 0.1) is 0 Å². The zero-order valence-corrected chi connectivity index (χ0v) is 15.3. The molecule has 1 aromatic carbocycles. The molecule has 0 aliphatic carbocycles. The maximum absolute atomic E-state index is 12.9. The number of thiocarbonyl (C=S) groups is 1. The molecule has 130 valence electrons. The number of aliphatic carboxylic acids is 1. The van der Waals surface area contributed by atoms with Gasteiger partial charge in [0.05, 0.1) is 16.2 Å². The van der Waals surface area contributed by atoms with E-state index in [0.29, 0.717) is 24.0 Å². The molecular weight excluding hydrogens is 360 g/mol. The lowest BCUT2D eigenvalue weighted by atomic mass is 10.1. The standard InChI is InChI=1S/C17H16N2O4S2/c1-3-6-11(16(22)23)19-15(21)13(25-17(19)24)12-9-7-4-5-8-10(9)18(2)14(12)20/h4-5,7-8,11H,3,6H2,1-2H3,(H,22,23)/b13-12-. The quantitative estimate of drug-likeness (QED) is 0.643. The molecule has 0 aromatic heterocycles. The summed E-state index contributed by atoms with van der Waals surface area (Å²) in [6, 6.07) is 6.18. The van der Waals surface area contributed by atoms with Crippen LogP contribution in [0.3, 0.4) is 0 Å². The van der Waals surface area contributed by atoms with E-state index in [4.69, 9.17) is 12.2 Å². The maximum atomic E-state index is 12.9. The summed E-state index contributed by atoms with van der Waals surface area (Å²) in [7, 11) is 1.64. The second-order valence-corrected chi connectivity index (χ2v) is 7.42. The number of rotatable bonds is 4. The third kappa shape index (κ3) is 2.75. The number of carboxylic acid groups (broad SMARTS) is 1. The SMILES string of the molecule is CCCC(C(=O)O)N1C(=O)/C(=C2/C(=O)N(C)c3ccccc32)SC1=S. The first-order chi connectivity index (χ1) is 11.9. The van der Waals surface area contributed by atoms with Gasteiger partial charge in [-0.1, -0.05) is 55.5 Å². The third-order valence-corrected chi connectivity index (χ3v) is 5.64.